The quantitative estimate of drug-likeness (QED) is 0.701. The molecule has 1 atom stereocenters. The van der Waals surface area contributed by atoms with Crippen molar-refractivity contribution in [2.45, 2.75) is 58.0 Å². The molecule has 0 heterocycles. The molecule has 0 aromatic rings. The van der Waals surface area contributed by atoms with E-state index in [0.717, 1.165) is 25.7 Å². The lowest BCUT2D eigenvalue weighted by Gasteiger charge is -2.25. The van der Waals surface area contributed by atoms with Crippen LogP contribution in [-0.2, 0) is 4.79 Å². The minimum absolute atomic E-state index is 0.0920. The Hall–Kier alpha value is -0.830. The van der Waals surface area contributed by atoms with Crippen LogP contribution in [-0.4, -0.2) is 24.0 Å². The van der Waals surface area contributed by atoms with Gasteiger partial charge in [-0.15, -0.1) is 0 Å². The summed E-state index contributed by atoms with van der Waals surface area (Å²) in [6.07, 6.45) is 8.66. The van der Waals surface area contributed by atoms with E-state index in [1.807, 2.05) is 13.8 Å². The second-order valence-corrected chi connectivity index (χ2v) is 5.15. The van der Waals surface area contributed by atoms with Crippen molar-refractivity contribution in [3.63, 3.8) is 0 Å². The average Bonchev–Trinajstić information content (AvgIpc) is 2.27. The van der Waals surface area contributed by atoms with Crippen LogP contribution >= 0.6 is 0 Å². The van der Waals surface area contributed by atoms with Gasteiger partial charge in [-0.1, -0.05) is 19.1 Å². The monoisotopic (exact) mass is 224 g/mol. The Morgan fingerprint density at radius 2 is 2.19 bits per heavy atom. The number of rotatable bonds is 5. The molecule has 1 unspecified atom stereocenters. The van der Waals surface area contributed by atoms with Gasteiger partial charge in [0, 0.05) is 11.6 Å². The highest BCUT2D eigenvalue weighted by atomic mass is 16.2. The van der Waals surface area contributed by atoms with E-state index in [4.69, 9.17) is 0 Å². The van der Waals surface area contributed by atoms with E-state index in [0.29, 0.717) is 12.6 Å². The lowest BCUT2D eigenvalue weighted by atomic mass is 10.0. The molecule has 0 aromatic carbocycles. The highest BCUT2D eigenvalue weighted by Gasteiger charge is 2.18. The summed E-state index contributed by atoms with van der Waals surface area (Å²) in [4.78, 5) is 11.7. The van der Waals surface area contributed by atoms with Gasteiger partial charge in [-0.05, 0) is 39.5 Å². The van der Waals surface area contributed by atoms with Crippen LogP contribution in [0.15, 0.2) is 12.2 Å². The number of carbonyl (C=O) groups is 1. The Kier molecular flexibility index (Phi) is 5.00. The number of carbonyl (C=O) groups excluding carboxylic acids is 1. The van der Waals surface area contributed by atoms with Crippen molar-refractivity contribution < 1.29 is 4.79 Å². The lowest BCUT2D eigenvalue weighted by Crippen LogP contribution is -2.48. The molecule has 0 saturated heterocycles. The van der Waals surface area contributed by atoms with E-state index in [9.17, 15) is 4.79 Å². The number of amides is 1. The van der Waals surface area contributed by atoms with Crippen LogP contribution in [0.1, 0.15) is 46.5 Å². The van der Waals surface area contributed by atoms with E-state index in [-0.39, 0.29) is 11.4 Å². The van der Waals surface area contributed by atoms with Crippen LogP contribution in [0.3, 0.4) is 0 Å². The van der Waals surface area contributed by atoms with Gasteiger partial charge in [0.15, 0.2) is 0 Å². The van der Waals surface area contributed by atoms with Crippen molar-refractivity contribution in [1.82, 2.24) is 10.6 Å². The Labute approximate surface area is 98.7 Å². The predicted molar refractivity (Wildman–Crippen MR) is 67.3 cm³/mol. The van der Waals surface area contributed by atoms with Crippen LogP contribution in [0, 0.1) is 0 Å². The van der Waals surface area contributed by atoms with Crippen LogP contribution in [0.25, 0.3) is 0 Å². The van der Waals surface area contributed by atoms with Crippen molar-refractivity contribution in [3.05, 3.63) is 12.2 Å². The fraction of sp³-hybridized carbons (Fsp3) is 0.769. The molecular weight excluding hydrogens is 200 g/mol. The normalized spacial score (nSPS) is 20.8. The van der Waals surface area contributed by atoms with E-state index < -0.39 is 0 Å². The lowest BCUT2D eigenvalue weighted by molar-refractivity contribution is -0.122. The van der Waals surface area contributed by atoms with Gasteiger partial charge in [-0.2, -0.15) is 0 Å². The van der Waals surface area contributed by atoms with E-state index >= 15 is 0 Å². The van der Waals surface area contributed by atoms with E-state index in [1.165, 1.54) is 0 Å². The summed E-state index contributed by atoms with van der Waals surface area (Å²) in [6, 6.07) is 0.473. The number of hydrogen-bond donors (Lipinski definition) is 2. The highest BCUT2D eigenvalue weighted by molar-refractivity contribution is 5.78. The zero-order valence-electron chi connectivity index (χ0n) is 10.7. The molecule has 0 saturated carbocycles. The van der Waals surface area contributed by atoms with Crippen LogP contribution in [0.5, 0.6) is 0 Å². The van der Waals surface area contributed by atoms with Crippen LogP contribution in [0.2, 0.25) is 0 Å². The molecule has 1 aliphatic carbocycles. The van der Waals surface area contributed by atoms with E-state index in [1.54, 1.807) is 0 Å². The largest absolute Gasteiger partial charge is 0.350 e. The Balaban J connectivity index is 2.22. The molecule has 3 nitrogen and oxygen atoms in total. The summed E-state index contributed by atoms with van der Waals surface area (Å²) in [6.45, 7) is 6.62. The van der Waals surface area contributed by atoms with Gasteiger partial charge in [0.25, 0.3) is 0 Å². The third kappa shape index (κ3) is 4.79. The number of hydrogen-bond acceptors (Lipinski definition) is 2. The molecule has 1 amide bonds. The van der Waals surface area contributed by atoms with Gasteiger partial charge < -0.3 is 10.6 Å². The summed E-state index contributed by atoms with van der Waals surface area (Å²) in [5.74, 6) is 0.0985. The maximum absolute atomic E-state index is 11.7. The smallest absolute Gasteiger partial charge is 0.234 e. The van der Waals surface area contributed by atoms with Crippen molar-refractivity contribution in [3.8, 4) is 0 Å². The molecule has 3 heteroatoms. The SMILES string of the molecule is CCC(C)(C)NC(=O)CNC1CC=CCC1. The maximum Gasteiger partial charge on any atom is 0.234 e. The fourth-order valence-corrected chi connectivity index (χ4v) is 1.73. The second kappa shape index (κ2) is 6.04. The highest BCUT2D eigenvalue weighted by Crippen LogP contribution is 2.10. The summed E-state index contributed by atoms with van der Waals surface area (Å²) in [7, 11) is 0. The van der Waals surface area contributed by atoms with Crippen molar-refractivity contribution in [1.29, 1.82) is 0 Å². The Morgan fingerprint density at radius 1 is 1.44 bits per heavy atom. The molecule has 16 heavy (non-hydrogen) atoms. The van der Waals surface area contributed by atoms with Gasteiger partial charge in [0.1, 0.15) is 0 Å². The molecule has 2 N–H and O–H groups in total. The van der Waals surface area contributed by atoms with Crippen molar-refractivity contribution in [2.75, 3.05) is 6.54 Å². The van der Waals surface area contributed by atoms with Crippen molar-refractivity contribution in [2.24, 2.45) is 0 Å². The van der Waals surface area contributed by atoms with Gasteiger partial charge in [-0.25, -0.2) is 0 Å². The molecule has 0 radical (unpaired) electrons. The first-order chi connectivity index (χ1) is 7.53. The second-order valence-electron chi connectivity index (χ2n) is 5.15. The van der Waals surface area contributed by atoms with Gasteiger partial charge in [-0.3, -0.25) is 4.79 Å². The molecule has 0 spiro atoms. The standard InChI is InChI=1S/C13H24N2O/c1-4-13(2,3)15-12(16)10-14-11-8-6-5-7-9-11/h5-6,11,14H,4,7-10H2,1-3H3,(H,15,16). The summed E-state index contributed by atoms with van der Waals surface area (Å²) in [5.41, 5.74) is -0.0920. The minimum atomic E-state index is -0.0920. The fourth-order valence-electron chi connectivity index (χ4n) is 1.73. The Morgan fingerprint density at radius 3 is 2.75 bits per heavy atom. The molecule has 0 aliphatic heterocycles. The van der Waals surface area contributed by atoms with Crippen LogP contribution in [0.4, 0.5) is 0 Å². The molecular formula is C13H24N2O. The van der Waals surface area contributed by atoms with Crippen molar-refractivity contribution >= 4 is 5.91 Å². The number of allylic oxidation sites excluding steroid dienone is 1. The number of nitrogens with one attached hydrogen (secondary N) is 2. The Bertz CT molecular complexity index is 259. The third-order valence-corrected chi connectivity index (χ3v) is 3.18. The average molecular weight is 224 g/mol. The first kappa shape index (κ1) is 13.2. The van der Waals surface area contributed by atoms with E-state index in [2.05, 4.69) is 29.7 Å². The summed E-state index contributed by atoms with van der Waals surface area (Å²) < 4.78 is 0. The first-order valence-corrected chi connectivity index (χ1v) is 6.23. The first-order valence-electron chi connectivity index (χ1n) is 6.23. The molecule has 0 bridgehead atoms. The molecule has 92 valence electrons. The minimum Gasteiger partial charge on any atom is -0.350 e. The summed E-state index contributed by atoms with van der Waals surface area (Å²) in [5, 5.41) is 6.33. The molecule has 1 aliphatic rings. The maximum atomic E-state index is 11.7. The summed E-state index contributed by atoms with van der Waals surface area (Å²) >= 11 is 0. The van der Waals surface area contributed by atoms with Crippen LogP contribution < -0.4 is 10.6 Å². The molecule has 0 aromatic heterocycles. The topological polar surface area (TPSA) is 41.1 Å². The third-order valence-electron chi connectivity index (χ3n) is 3.18. The van der Waals surface area contributed by atoms with Gasteiger partial charge >= 0.3 is 0 Å². The zero-order valence-corrected chi connectivity index (χ0v) is 10.7. The predicted octanol–water partition coefficient (Wildman–Crippen LogP) is 1.99. The molecule has 0 fully saturated rings. The molecule has 1 rings (SSSR count). The van der Waals surface area contributed by atoms with Gasteiger partial charge in [0.2, 0.25) is 5.91 Å². The van der Waals surface area contributed by atoms with Gasteiger partial charge in [0.05, 0.1) is 6.54 Å². The zero-order chi connectivity index (χ0) is 12.0.